The van der Waals surface area contributed by atoms with E-state index in [4.69, 9.17) is 0 Å². The van der Waals surface area contributed by atoms with Crippen molar-refractivity contribution in [1.29, 1.82) is 5.26 Å². The molecule has 0 bridgehead atoms. The molecule has 3 heterocycles. The lowest BCUT2D eigenvalue weighted by atomic mass is 10.0. The highest BCUT2D eigenvalue weighted by Gasteiger charge is 2.33. The number of nitrogens with zero attached hydrogens (tertiary/aromatic N) is 5. The van der Waals surface area contributed by atoms with Crippen molar-refractivity contribution in [1.82, 2.24) is 19.9 Å². The second-order valence-corrected chi connectivity index (χ2v) is 9.05. The molecule has 0 aromatic carbocycles. The van der Waals surface area contributed by atoms with Crippen LogP contribution < -0.4 is 10.6 Å². The van der Waals surface area contributed by atoms with E-state index in [1.165, 1.54) is 24.8 Å². The Morgan fingerprint density at radius 2 is 1.92 bits per heavy atom. The highest BCUT2D eigenvalue weighted by molar-refractivity contribution is 7.15. The molecule has 3 aromatic heterocycles. The van der Waals surface area contributed by atoms with Crippen LogP contribution in [0.3, 0.4) is 0 Å². The summed E-state index contributed by atoms with van der Waals surface area (Å²) in [6.07, 6.45) is 5.43. The minimum absolute atomic E-state index is 0.0277. The number of thiazole rings is 1. The molecule has 1 atom stereocenters. The van der Waals surface area contributed by atoms with Crippen LogP contribution >= 0.6 is 11.3 Å². The summed E-state index contributed by atoms with van der Waals surface area (Å²) in [5.41, 5.74) is 1.48. The van der Waals surface area contributed by atoms with Crippen molar-refractivity contribution < 1.29 is 22.8 Å². The molecule has 1 aliphatic carbocycles. The Kier molecular flexibility index (Phi) is 7.07. The van der Waals surface area contributed by atoms with Gasteiger partial charge >= 0.3 is 6.18 Å². The van der Waals surface area contributed by atoms with Gasteiger partial charge in [0.05, 0.1) is 30.2 Å². The molecule has 1 fully saturated rings. The zero-order valence-electron chi connectivity index (χ0n) is 18.7. The Morgan fingerprint density at radius 1 is 1.14 bits per heavy atom. The molecule has 4 rings (SSSR count). The summed E-state index contributed by atoms with van der Waals surface area (Å²) in [6, 6.07) is 3.55. The molecular weight excluding hydrogens is 495 g/mol. The normalized spacial score (nSPS) is 14.6. The molecule has 36 heavy (non-hydrogen) atoms. The first-order valence-electron chi connectivity index (χ1n) is 10.7. The Morgan fingerprint density at radius 3 is 2.53 bits per heavy atom. The molecule has 13 heteroatoms. The predicted octanol–water partition coefficient (Wildman–Crippen LogP) is 4.55. The fourth-order valence-electron chi connectivity index (χ4n) is 3.05. The van der Waals surface area contributed by atoms with Crippen LogP contribution in [-0.4, -0.2) is 31.8 Å². The van der Waals surface area contributed by atoms with E-state index in [0.717, 1.165) is 12.8 Å². The second-order valence-electron chi connectivity index (χ2n) is 8.02. The Labute approximate surface area is 207 Å². The van der Waals surface area contributed by atoms with Crippen LogP contribution in [0.4, 0.5) is 24.1 Å². The van der Waals surface area contributed by atoms with Gasteiger partial charge in [-0.25, -0.2) is 9.97 Å². The Bertz CT molecular complexity index is 1360. The molecule has 2 N–H and O–H groups in total. The second kappa shape index (κ2) is 10.2. The van der Waals surface area contributed by atoms with Gasteiger partial charge in [0.15, 0.2) is 10.9 Å². The third-order valence-corrected chi connectivity index (χ3v) is 6.20. The number of hydrogen-bond donors (Lipinski definition) is 2. The lowest BCUT2D eigenvalue weighted by Crippen LogP contribution is -2.19. The van der Waals surface area contributed by atoms with E-state index in [0.29, 0.717) is 34.4 Å². The van der Waals surface area contributed by atoms with Crippen LogP contribution in [-0.2, 0) is 15.8 Å². The Hall–Kier alpha value is -4.18. The molecule has 1 unspecified atom stereocenters. The lowest BCUT2D eigenvalue weighted by Gasteiger charge is -2.12. The fourth-order valence-corrected chi connectivity index (χ4v) is 3.74. The number of anilines is 2. The predicted molar refractivity (Wildman–Crippen MR) is 124 cm³/mol. The minimum Gasteiger partial charge on any atom is -0.305 e. The molecule has 2 amide bonds. The first-order valence-corrected chi connectivity index (χ1v) is 11.5. The smallest absolute Gasteiger partial charge is 0.305 e. The average Bonchev–Trinajstić information content (AvgIpc) is 3.56. The first-order chi connectivity index (χ1) is 17.1. The number of alkyl halides is 3. The van der Waals surface area contributed by atoms with Gasteiger partial charge in [-0.1, -0.05) is 17.4 Å². The maximum Gasteiger partial charge on any atom is 0.427 e. The van der Waals surface area contributed by atoms with Gasteiger partial charge in [0.2, 0.25) is 5.91 Å². The number of nitriles is 1. The molecule has 9 nitrogen and oxygen atoms in total. The van der Waals surface area contributed by atoms with Gasteiger partial charge < -0.3 is 10.6 Å². The molecular formula is C23H18F3N7O2S. The number of rotatable bonds is 7. The first kappa shape index (κ1) is 24.9. The van der Waals surface area contributed by atoms with Crippen molar-refractivity contribution in [3.63, 3.8) is 0 Å². The largest absolute Gasteiger partial charge is 0.427 e. The van der Waals surface area contributed by atoms with Gasteiger partial charge in [-0.3, -0.25) is 19.6 Å². The van der Waals surface area contributed by atoms with E-state index in [2.05, 4.69) is 30.6 Å². The molecule has 3 aromatic rings. The van der Waals surface area contributed by atoms with Crippen molar-refractivity contribution in [2.24, 2.45) is 5.92 Å². The number of amides is 2. The van der Waals surface area contributed by atoms with Crippen molar-refractivity contribution >= 4 is 34.1 Å². The third-order valence-electron chi connectivity index (χ3n) is 5.25. The van der Waals surface area contributed by atoms with E-state index in [-0.39, 0.29) is 22.4 Å². The number of nitrogens with one attached hydrogen (secondary N) is 2. The zero-order valence-corrected chi connectivity index (χ0v) is 19.5. The topological polar surface area (TPSA) is 134 Å². The number of hydrogen-bond acceptors (Lipinski definition) is 8. The summed E-state index contributed by atoms with van der Waals surface area (Å²) in [4.78, 5) is 40.1. The molecule has 1 aliphatic rings. The standard InChI is InChI=1S/C23H18F3N7O2S/c1-12(20(34)33-22-31-10-18(36-22)23(24,25)26)15-5-16(8-28-7-15)17-9-30-19(11-29-17)32-21(35)14(6-27)4-13-2-3-13/h4-5,7-13H,2-3H2,1H3,(H,30,32,35)(H,31,33,34)/b14-4+. The van der Waals surface area contributed by atoms with Gasteiger partial charge in [0.1, 0.15) is 16.5 Å². The average molecular weight is 514 g/mol. The maximum atomic E-state index is 12.8. The van der Waals surface area contributed by atoms with Gasteiger partial charge in [-0.2, -0.15) is 18.4 Å². The quantitative estimate of drug-likeness (QED) is 0.350. The number of halogens is 3. The van der Waals surface area contributed by atoms with Gasteiger partial charge in [0.25, 0.3) is 5.91 Å². The van der Waals surface area contributed by atoms with Crippen molar-refractivity contribution in [2.75, 3.05) is 10.6 Å². The van der Waals surface area contributed by atoms with Crippen LogP contribution in [0.2, 0.25) is 0 Å². The molecule has 0 spiro atoms. The number of pyridine rings is 1. The van der Waals surface area contributed by atoms with E-state index in [9.17, 15) is 28.0 Å². The number of carbonyl (C=O) groups is 2. The van der Waals surface area contributed by atoms with Gasteiger partial charge in [-0.15, -0.1) is 0 Å². The highest BCUT2D eigenvalue weighted by Crippen LogP contribution is 2.35. The van der Waals surface area contributed by atoms with Crippen molar-refractivity contribution in [3.05, 3.63) is 59.1 Å². The zero-order chi connectivity index (χ0) is 25.9. The number of allylic oxidation sites excluding steroid dienone is 1. The summed E-state index contributed by atoms with van der Waals surface area (Å²) in [6.45, 7) is 1.58. The number of carbonyl (C=O) groups excluding carboxylic acids is 2. The summed E-state index contributed by atoms with van der Waals surface area (Å²) in [5, 5.41) is 13.9. The van der Waals surface area contributed by atoms with Crippen molar-refractivity contribution in [2.45, 2.75) is 31.9 Å². The van der Waals surface area contributed by atoms with E-state index < -0.39 is 28.8 Å². The van der Waals surface area contributed by atoms with Crippen molar-refractivity contribution in [3.8, 4) is 17.3 Å². The summed E-state index contributed by atoms with van der Waals surface area (Å²) >= 11 is 0.342. The summed E-state index contributed by atoms with van der Waals surface area (Å²) < 4.78 is 38.3. The minimum atomic E-state index is -4.53. The van der Waals surface area contributed by atoms with Crippen LogP contribution in [0.5, 0.6) is 0 Å². The van der Waals surface area contributed by atoms with Gasteiger partial charge in [0, 0.05) is 18.0 Å². The Balaban J connectivity index is 1.42. The fraction of sp³-hybridized carbons (Fsp3) is 0.261. The SMILES string of the molecule is CC(C(=O)Nc1ncc(C(F)(F)F)s1)c1cncc(-c2cnc(NC(=O)/C(C#N)=C/C3CC3)cn2)c1. The third kappa shape index (κ3) is 6.08. The van der Waals surface area contributed by atoms with E-state index in [1.807, 2.05) is 6.07 Å². The molecule has 0 saturated heterocycles. The number of aromatic nitrogens is 4. The van der Waals surface area contributed by atoms with E-state index >= 15 is 0 Å². The van der Waals surface area contributed by atoms with Crippen LogP contribution in [0, 0.1) is 17.2 Å². The molecule has 184 valence electrons. The van der Waals surface area contributed by atoms with Crippen LogP contribution in [0.1, 0.15) is 36.1 Å². The summed E-state index contributed by atoms with van der Waals surface area (Å²) in [5.74, 6) is -1.42. The van der Waals surface area contributed by atoms with E-state index in [1.54, 1.807) is 19.1 Å². The maximum absolute atomic E-state index is 12.8. The molecule has 1 saturated carbocycles. The molecule has 0 aliphatic heterocycles. The monoisotopic (exact) mass is 513 g/mol. The van der Waals surface area contributed by atoms with Crippen LogP contribution in [0.25, 0.3) is 11.3 Å². The summed E-state index contributed by atoms with van der Waals surface area (Å²) in [7, 11) is 0. The highest BCUT2D eigenvalue weighted by atomic mass is 32.1. The van der Waals surface area contributed by atoms with Crippen LogP contribution in [0.15, 0.2) is 48.7 Å². The lowest BCUT2D eigenvalue weighted by molar-refractivity contribution is -0.134. The van der Waals surface area contributed by atoms with Gasteiger partial charge in [-0.05, 0) is 37.3 Å². The molecule has 0 radical (unpaired) electrons.